The smallest absolute Gasteiger partial charge is 0.259 e. The average molecular weight is 299 g/mol. The third kappa shape index (κ3) is 2.53. The number of aromatic nitrogens is 1. The second-order valence-corrected chi connectivity index (χ2v) is 4.88. The van der Waals surface area contributed by atoms with Crippen molar-refractivity contribution >= 4 is 34.1 Å². The van der Waals surface area contributed by atoms with E-state index in [0.29, 0.717) is 16.2 Å². The first-order valence-electron chi connectivity index (χ1n) is 6.29. The fourth-order valence-corrected chi connectivity index (χ4v) is 2.25. The van der Waals surface area contributed by atoms with Crippen molar-refractivity contribution in [3.63, 3.8) is 0 Å². The summed E-state index contributed by atoms with van der Waals surface area (Å²) in [6, 6.07) is 13.8. The Morgan fingerprint density at radius 1 is 1.10 bits per heavy atom. The van der Waals surface area contributed by atoms with Gasteiger partial charge in [-0.3, -0.25) is 9.78 Å². The maximum absolute atomic E-state index is 12.3. The van der Waals surface area contributed by atoms with Crippen molar-refractivity contribution in [3.8, 4) is 5.75 Å². The van der Waals surface area contributed by atoms with Gasteiger partial charge in [0, 0.05) is 11.6 Å². The molecular formula is C16H11ClN2O2. The zero-order valence-electron chi connectivity index (χ0n) is 10.9. The monoisotopic (exact) mass is 298 g/mol. The molecule has 0 radical (unpaired) electrons. The number of halogens is 1. The molecule has 2 N–H and O–H groups in total. The Kier molecular flexibility index (Phi) is 3.46. The van der Waals surface area contributed by atoms with Gasteiger partial charge in [0.15, 0.2) is 5.75 Å². The molecule has 0 saturated carbocycles. The minimum absolute atomic E-state index is 0.141. The first-order valence-corrected chi connectivity index (χ1v) is 6.67. The molecular weight excluding hydrogens is 288 g/mol. The summed E-state index contributed by atoms with van der Waals surface area (Å²) in [6.07, 6.45) is 1.57. The van der Waals surface area contributed by atoms with Gasteiger partial charge in [0.25, 0.3) is 5.91 Å². The Morgan fingerprint density at radius 3 is 2.71 bits per heavy atom. The number of carbonyl (C=O) groups excluding carboxylic acids is 1. The van der Waals surface area contributed by atoms with E-state index in [2.05, 4.69) is 10.3 Å². The van der Waals surface area contributed by atoms with Crippen LogP contribution in [0, 0.1) is 0 Å². The van der Waals surface area contributed by atoms with Crippen LogP contribution in [0.3, 0.4) is 0 Å². The summed E-state index contributed by atoms with van der Waals surface area (Å²) in [5, 5.41) is 14.1. The van der Waals surface area contributed by atoms with Crippen LogP contribution in [0.15, 0.2) is 54.7 Å². The average Bonchev–Trinajstić information content (AvgIpc) is 2.50. The molecule has 0 unspecified atom stereocenters. The van der Waals surface area contributed by atoms with Crippen molar-refractivity contribution in [2.45, 2.75) is 0 Å². The number of carbonyl (C=O) groups is 1. The van der Waals surface area contributed by atoms with E-state index in [4.69, 9.17) is 11.6 Å². The van der Waals surface area contributed by atoms with Crippen LogP contribution in [-0.4, -0.2) is 16.0 Å². The second-order valence-electron chi connectivity index (χ2n) is 4.47. The molecule has 5 heteroatoms. The Balaban J connectivity index is 1.99. The van der Waals surface area contributed by atoms with E-state index in [1.165, 1.54) is 0 Å². The highest BCUT2D eigenvalue weighted by molar-refractivity contribution is 6.34. The van der Waals surface area contributed by atoms with Crippen LogP contribution < -0.4 is 5.32 Å². The van der Waals surface area contributed by atoms with Gasteiger partial charge in [0.2, 0.25) is 0 Å². The molecule has 0 bridgehead atoms. The first kappa shape index (κ1) is 13.4. The molecule has 1 heterocycles. The fraction of sp³-hybridized carbons (Fsp3) is 0. The number of amides is 1. The maximum Gasteiger partial charge on any atom is 0.259 e. The highest BCUT2D eigenvalue weighted by atomic mass is 35.5. The number of para-hydroxylation sites is 1. The number of hydrogen-bond acceptors (Lipinski definition) is 3. The highest BCUT2D eigenvalue weighted by Crippen LogP contribution is 2.28. The molecule has 0 spiro atoms. The van der Waals surface area contributed by atoms with Gasteiger partial charge >= 0.3 is 0 Å². The normalized spacial score (nSPS) is 10.5. The third-order valence-electron chi connectivity index (χ3n) is 3.11. The van der Waals surface area contributed by atoms with Crippen molar-refractivity contribution < 1.29 is 9.90 Å². The number of nitrogens with one attached hydrogen (secondary N) is 1. The van der Waals surface area contributed by atoms with Crippen LogP contribution in [0.5, 0.6) is 5.75 Å². The Labute approximate surface area is 126 Å². The molecule has 3 aromatic rings. The summed E-state index contributed by atoms with van der Waals surface area (Å²) >= 11 is 6.00. The minimum Gasteiger partial charge on any atom is -0.505 e. The molecule has 0 fully saturated rings. The molecule has 3 rings (SSSR count). The standard InChI is InChI=1S/C16H11ClN2O2/c17-12-5-1-2-6-13(12)19-16(21)11-8-7-10-4-3-9-18-14(10)15(11)20/h1-9,20H,(H,19,21). The van der Waals surface area contributed by atoms with Crippen molar-refractivity contribution in [2.75, 3.05) is 5.32 Å². The largest absolute Gasteiger partial charge is 0.505 e. The molecule has 1 aromatic heterocycles. The zero-order chi connectivity index (χ0) is 14.8. The van der Waals surface area contributed by atoms with Gasteiger partial charge in [-0.05, 0) is 24.3 Å². The lowest BCUT2D eigenvalue weighted by Gasteiger charge is -2.09. The van der Waals surface area contributed by atoms with E-state index in [-0.39, 0.29) is 11.3 Å². The van der Waals surface area contributed by atoms with E-state index < -0.39 is 5.91 Å². The van der Waals surface area contributed by atoms with Gasteiger partial charge in [-0.2, -0.15) is 0 Å². The lowest BCUT2D eigenvalue weighted by Crippen LogP contribution is -2.12. The highest BCUT2D eigenvalue weighted by Gasteiger charge is 2.15. The summed E-state index contributed by atoms with van der Waals surface area (Å²) in [5.74, 6) is -0.578. The number of fused-ring (bicyclic) bond motifs is 1. The number of aromatic hydroxyl groups is 1. The quantitative estimate of drug-likeness (QED) is 0.755. The SMILES string of the molecule is O=C(Nc1ccccc1Cl)c1ccc2cccnc2c1O. The number of pyridine rings is 1. The lowest BCUT2D eigenvalue weighted by atomic mass is 10.1. The number of phenolic OH excluding ortho intramolecular Hbond substituents is 1. The molecule has 0 aliphatic heterocycles. The summed E-state index contributed by atoms with van der Waals surface area (Å²) in [5.41, 5.74) is 1.04. The van der Waals surface area contributed by atoms with Crippen LogP contribution in [0.1, 0.15) is 10.4 Å². The molecule has 4 nitrogen and oxygen atoms in total. The van der Waals surface area contributed by atoms with Gasteiger partial charge in [-0.1, -0.05) is 35.9 Å². The van der Waals surface area contributed by atoms with Crippen LogP contribution in [0.4, 0.5) is 5.69 Å². The van der Waals surface area contributed by atoms with Crippen molar-refractivity contribution in [1.82, 2.24) is 4.98 Å². The van der Waals surface area contributed by atoms with Gasteiger partial charge < -0.3 is 10.4 Å². The van der Waals surface area contributed by atoms with Crippen LogP contribution in [-0.2, 0) is 0 Å². The Bertz CT molecular complexity index is 833. The molecule has 2 aromatic carbocycles. The summed E-state index contributed by atoms with van der Waals surface area (Å²) in [4.78, 5) is 16.4. The Hall–Kier alpha value is -2.59. The van der Waals surface area contributed by atoms with Crippen LogP contribution >= 0.6 is 11.6 Å². The predicted octanol–water partition coefficient (Wildman–Crippen LogP) is 3.85. The van der Waals surface area contributed by atoms with Crippen molar-refractivity contribution in [2.24, 2.45) is 0 Å². The van der Waals surface area contributed by atoms with Crippen LogP contribution in [0.2, 0.25) is 5.02 Å². The molecule has 0 atom stereocenters. The Morgan fingerprint density at radius 2 is 1.90 bits per heavy atom. The van der Waals surface area contributed by atoms with Gasteiger partial charge in [-0.25, -0.2) is 0 Å². The number of benzene rings is 2. The second kappa shape index (κ2) is 5.42. The predicted molar refractivity (Wildman–Crippen MR) is 82.8 cm³/mol. The third-order valence-corrected chi connectivity index (χ3v) is 3.44. The van der Waals surface area contributed by atoms with E-state index in [1.807, 2.05) is 6.07 Å². The molecule has 1 amide bonds. The summed E-state index contributed by atoms with van der Waals surface area (Å²) in [7, 11) is 0. The molecule has 0 aliphatic carbocycles. The molecule has 0 aliphatic rings. The van der Waals surface area contributed by atoms with E-state index in [1.54, 1.807) is 48.7 Å². The van der Waals surface area contributed by atoms with Gasteiger partial charge in [0.1, 0.15) is 5.52 Å². The first-order chi connectivity index (χ1) is 10.2. The van der Waals surface area contributed by atoms with Gasteiger partial charge in [-0.15, -0.1) is 0 Å². The van der Waals surface area contributed by atoms with Gasteiger partial charge in [0.05, 0.1) is 16.3 Å². The number of anilines is 1. The maximum atomic E-state index is 12.3. The molecule has 104 valence electrons. The number of phenols is 1. The number of nitrogens with zero attached hydrogens (tertiary/aromatic N) is 1. The van der Waals surface area contributed by atoms with Crippen molar-refractivity contribution in [3.05, 3.63) is 65.3 Å². The fourth-order valence-electron chi connectivity index (χ4n) is 2.07. The molecule has 0 saturated heterocycles. The summed E-state index contributed by atoms with van der Waals surface area (Å²) in [6.45, 7) is 0. The number of rotatable bonds is 2. The molecule has 21 heavy (non-hydrogen) atoms. The number of hydrogen-bond donors (Lipinski definition) is 2. The van der Waals surface area contributed by atoms with Crippen LogP contribution in [0.25, 0.3) is 10.9 Å². The topological polar surface area (TPSA) is 62.2 Å². The van der Waals surface area contributed by atoms with E-state index >= 15 is 0 Å². The lowest BCUT2D eigenvalue weighted by molar-refractivity contribution is 0.102. The van der Waals surface area contributed by atoms with E-state index in [9.17, 15) is 9.90 Å². The minimum atomic E-state index is -0.437. The summed E-state index contributed by atoms with van der Waals surface area (Å²) < 4.78 is 0. The van der Waals surface area contributed by atoms with Crippen molar-refractivity contribution in [1.29, 1.82) is 0 Å². The van der Waals surface area contributed by atoms with E-state index in [0.717, 1.165) is 5.39 Å². The zero-order valence-corrected chi connectivity index (χ0v) is 11.6.